The van der Waals surface area contributed by atoms with Crippen molar-refractivity contribution >= 4 is 17.4 Å². The molecule has 0 aliphatic carbocycles. The molecular formula is C9H11ClN4. The fourth-order valence-corrected chi connectivity index (χ4v) is 2.40. The molecule has 0 amide bonds. The molecule has 0 radical (unpaired) electrons. The summed E-state index contributed by atoms with van der Waals surface area (Å²) in [6.07, 6.45) is 1.23. The summed E-state index contributed by atoms with van der Waals surface area (Å²) >= 11 is 5.69. The van der Waals surface area contributed by atoms with Crippen LogP contribution in [0.15, 0.2) is 12.1 Å². The van der Waals surface area contributed by atoms with Gasteiger partial charge in [0.2, 0.25) is 0 Å². The van der Waals surface area contributed by atoms with Gasteiger partial charge in [0.15, 0.2) is 11.0 Å². The second-order valence-electron chi connectivity index (χ2n) is 3.86. The highest BCUT2D eigenvalue weighted by atomic mass is 35.5. The van der Waals surface area contributed by atoms with E-state index in [0.717, 1.165) is 18.9 Å². The van der Waals surface area contributed by atoms with E-state index in [1.54, 1.807) is 6.07 Å². The molecule has 14 heavy (non-hydrogen) atoms. The Bertz CT molecular complexity index is 339. The highest BCUT2D eigenvalue weighted by Crippen LogP contribution is 2.27. The van der Waals surface area contributed by atoms with Gasteiger partial charge in [0, 0.05) is 25.2 Å². The minimum absolute atomic E-state index is 0.455. The molecule has 1 aromatic rings. The van der Waals surface area contributed by atoms with Crippen LogP contribution < -0.4 is 10.2 Å². The molecule has 2 atom stereocenters. The molecule has 0 aromatic carbocycles. The maximum atomic E-state index is 5.69. The van der Waals surface area contributed by atoms with Crippen LogP contribution >= 0.6 is 11.6 Å². The van der Waals surface area contributed by atoms with E-state index < -0.39 is 0 Å². The predicted molar refractivity (Wildman–Crippen MR) is 54.6 cm³/mol. The van der Waals surface area contributed by atoms with Crippen molar-refractivity contribution in [2.24, 2.45) is 0 Å². The standard InChI is InChI=1S/C9H11ClN4/c10-8-1-2-9(13-12-8)14-5-6-3-7(14)4-11-6/h1-2,6-7,11H,3-5H2/t6-,7-/m1/s1. The lowest BCUT2D eigenvalue weighted by Gasteiger charge is -2.27. The number of hydrogen-bond donors (Lipinski definition) is 1. The molecule has 1 aromatic heterocycles. The predicted octanol–water partition coefficient (Wildman–Crippen LogP) is 0.680. The quantitative estimate of drug-likeness (QED) is 0.740. The fourth-order valence-electron chi connectivity index (χ4n) is 2.30. The Hall–Kier alpha value is -0.870. The summed E-state index contributed by atoms with van der Waals surface area (Å²) in [6.45, 7) is 2.11. The Morgan fingerprint density at radius 3 is 2.93 bits per heavy atom. The van der Waals surface area contributed by atoms with Crippen molar-refractivity contribution in [2.75, 3.05) is 18.0 Å². The van der Waals surface area contributed by atoms with Gasteiger partial charge in [0.25, 0.3) is 0 Å². The number of piperazine rings is 1. The molecule has 5 heteroatoms. The smallest absolute Gasteiger partial charge is 0.151 e. The normalized spacial score (nSPS) is 29.9. The zero-order chi connectivity index (χ0) is 9.54. The first-order valence-electron chi connectivity index (χ1n) is 4.82. The summed E-state index contributed by atoms with van der Waals surface area (Å²) in [6, 6.07) is 4.97. The van der Waals surface area contributed by atoms with Gasteiger partial charge in [-0.15, -0.1) is 10.2 Å². The van der Waals surface area contributed by atoms with Gasteiger partial charge in [-0.05, 0) is 18.6 Å². The van der Waals surface area contributed by atoms with E-state index in [1.807, 2.05) is 6.07 Å². The average Bonchev–Trinajstić information content (AvgIpc) is 2.80. The van der Waals surface area contributed by atoms with Gasteiger partial charge >= 0.3 is 0 Å². The van der Waals surface area contributed by atoms with Gasteiger partial charge in [-0.2, -0.15) is 0 Å². The monoisotopic (exact) mass is 210 g/mol. The zero-order valence-corrected chi connectivity index (χ0v) is 8.41. The van der Waals surface area contributed by atoms with Gasteiger partial charge < -0.3 is 10.2 Å². The number of hydrogen-bond acceptors (Lipinski definition) is 4. The largest absolute Gasteiger partial charge is 0.349 e. The molecule has 0 saturated carbocycles. The lowest BCUT2D eigenvalue weighted by atomic mass is 10.2. The molecule has 2 aliphatic heterocycles. The number of anilines is 1. The Kier molecular flexibility index (Phi) is 1.85. The number of rotatable bonds is 1. The van der Waals surface area contributed by atoms with Crippen molar-refractivity contribution in [1.82, 2.24) is 15.5 Å². The summed E-state index contributed by atoms with van der Waals surface area (Å²) in [7, 11) is 0. The molecule has 3 heterocycles. The number of halogens is 1. The topological polar surface area (TPSA) is 41.0 Å². The van der Waals surface area contributed by atoms with E-state index in [1.165, 1.54) is 6.42 Å². The van der Waals surface area contributed by atoms with E-state index in [-0.39, 0.29) is 0 Å². The molecule has 2 saturated heterocycles. The lowest BCUT2D eigenvalue weighted by Crippen LogP contribution is -2.44. The first-order valence-corrected chi connectivity index (χ1v) is 5.20. The van der Waals surface area contributed by atoms with E-state index in [4.69, 9.17) is 11.6 Å². The number of nitrogens with zero attached hydrogens (tertiary/aromatic N) is 3. The first kappa shape index (κ1) is 8.44. The van der Waals surface area contributed by atoms with E-state index in [0.29, 0.717) is 17.2 Å². The molecule has 3 rings (SSSR count). The molecule has 74 valence electrons. The van der Waals surface area contributed by atoms with E-state index in [9.17, 15) is 0 Å². The van der Waals surface area contributed by atoms with Crippen molar-refractivity contribution < 1.29 is 0 Å². The molecule has 1 N–H and O–H groups in total. The number of nitrogens with one attached hydrogen (secondary N) is 1. The third-order valence-corrected chi connectivity index (χ3v) is 3.17. The number of fused-ring (bicyclic) bond motifs is 2. The van der Waals surface area contributed by atoms with Crippen LogP contribution in [0.25, 0.3) is 0 Å². The zero-order valence-electron chi connectivity index (χ0n) is 7.65. The van der Waals surface area contributed by atoms with E-state index >= 15 is 0 Å². The Morgan fingerprint density at radius 1 is 1.43 bits per heavy atom. The van der Waals surface area contributed by atoms with Gasteiger partial charge in [-0.3, -0.25) is 0 Å². The second-order valence-corrected chi connectivity index (χ2v) is 4.25. The third-order valence-electron chi connectivity index (χ3n) is 2.97. The van der Waals surface area contributed by atoms with Crippen LogP contribution in [0.2, 0.25) is 5.15 Å². The van der Waals surface area contributed by atoms with Crippen molar-refractivity contribution in [3.8, 4) is 0 Å². The highest BCUT2D eigenvalue weighted by molar-refractivity contribution is 6.29. The first-order chi connectivity index (χ1) is 6.83. The van der Waals surface area contributed by atoms with Crippen LogP contribution in [0, 0.1) is 0 Å². The molecule has 4 nitrogen and oxygen atoms in total. The Morgan fingerprint density at radius 2 is 2.36 bits per heavy atom. The SMILES string of the molecule is Clc1ccc(N2C[C@H]3C[C@@H]2CN3)nn1. The summed E-state index contributed by atoms with van der Waals surface area (Å²) in [5.74, 6) is 0.948. The maximum Gasteiger partial charge on any atom is 0.151 e. The fraction of sp³-hybridized carbons (Fsp3) is 0.556. The summed E-state index contributed by atoms with van der Waals surface area (Å²) < 4.78 is 0. The second kappa shape index (κ2) is 3.07. The van der Waals surface area contributed by atoms with Crippen molar-refractivity contribution in [3.63, 3.8) is 0 Å². The van der Waals surface area contributed by atoms with Crippen LogP contribution in [-0.4, -0.2) is 35.4 Å². The molecule has 2 fully saturated rings. The molecular weight excluding hydrogens is 200 g/mol. The third kappa shape index (κ3) is 1.26. The molecule has 0 spiro atoms. The summed E-state index contributed by atoms with van der Waals surface area (Å²) in [5, 5.41) is 11.9. The van der Waals surface area contributed by atoms with Crippen LogP contribution in [0.5, 0.6) is 0 Å². The van der Waals surface area contributed by atoms with Crippen molar-refractivity contribution in [1.29, 1.82) is 0 Å². The summed E-state index contributed by atoms with van der Waals surface area (Å²) in [4.78, 5) is 2.31. The minimum Gasteiger partial charge on any atom is -0.349 e. The van der Waals surface area contributed by atoms with Crippen LogP contribution in [0.1, 0.15) is 6.42 Å². The lowest BCUT2D eigenvalue weighted by molar-refractivity contribution is 0.574. The van der Waals surface area contributed by atoms with Crippen molar-refractivity contribution in [3.05, 3.63) is 17.3 Å². The number of aromatic nitrogens is 2. The average molecular weight is 211 g/mol. The summed E-state index contributed by atoms with van der Waals surface area (Å²) in [5.41, 5.74) is 0. The van der Waals surface area contributed by atoms with Crippen molar-refractivity contribution in [2.45, 2.75) is 18.5 Å². The van der Waals surface area contributed by atoms with Gasteiger partial charge in [-0.1, -0.05) is 11.6 Å². The molecule has 2 aliphatic rings. The maximum absolute atomic E-state index is 5.69. The minimum atomic E-state index is 0.455. The Balaban J connectivity index is 1.86. The van der Waals surface area contributed by atoms with Gasteiger partial charge in [-0.25, -0.2) is 0 Å². The highest BCUT2D eigenvalue weighted by Gasteiger charge is 2.38. The Labute approximate surface area is 87.3 Å². The van der Waals surface area contributed by atoms with Crippen LogP contribution in [0.4, 0.5) is 5.82 Å². The molecule has 2 bridgehead atoms. The van der Waals surface area contributed by atoms with Crippen LogP contribution in [-0.2, 0) is 0 Å². The van der Waals surface area contributed by atoms with Gasteiger partial charge in [0.05, 0.1) is 0 Å². The molecule has 0 unspecified atom stereocenters. The van der Waals surface area contributed by atoms with E-state index in [2.05, 4.69) is 20.4 Å². The van der Waals surface area contributed by atoms with Gasteiger partial charge in [0.1, 0.15) is 0 Å². The van der Waals surface area contributed by atoms with Crippen LogP contribution in [0.3, 0.4) is 0 Å².